The molecule has 0 saturated heterocycles. The van der Waals surface area contributed by atoms with Crippen molar-refractivity contribution in [1.29, 1.82) is 0 Å². The topological polar surface area (TPSA) is 102 Å². The fourth-order valence-corrected chi connectivity index (χ4v) is 4.42. The molecule has 0 fully saturated rings. The third-order valence-electron chi connectivity index (χ3n) is 6.24. The fourth-order valence-electron chi connectivity index (χ4n) is 4.24. The molecule has 5 rings (SSSR count). The number of ether oxygens (including phenoxy) is 1. The number of benzene rings is 2. The van der Waals surface area contributed by atoms with E-state index in [4.69, 9.17) is 26.4 Å². The highest BCUT2D eigenvalue weighted by molar-refractivity contribution is 6.29. The molecule has 0 aliphatic heterocycles. The number of aromatic nitrogens is 4. The SMILES string of the molecule is Cc1cc(-c2nc3c(OCCCO)cc(Cl)nn3c2-c2ccnc(NC(=O)c3cccc(C(F)(F)F)c3)c2)ccc1F. The first-order valence-electron chi connectivity index (χ1n) is 12.6. The van der Waals surface area contributed by atoms with Gasteiger partial charge in [-0.15, -0.1) is 0 Å². The lowest BCUT2D eigenvalue weighted by Crippen LogP contribution is -2.14. The summed E-state index contributed by atoms with van der Waals surface area (Å²) in [5.41, 5.74) is 1.32. The zero-order chi connectivity index (χ0) is 30.0. The number of carbonyl (C=O) groups is 1. The summed E-state index contributed by atoms with van der Waals surface area (Å²) in [6, 6.07) is 13.1. The van der Waals surface area contributed by atoms with Crippen molar-refractivity contribution in [3.05, 3.63) is 94.5 Å². The summed E-state index contributed by atoms with van der Waals surface area (Å²) < 4.78 is 60.8. The number of rotatable bonds is 8. The van der Waals surface area contributed by atoms with Crippen molar-refractivity contribution in [1.82, 2.24) is 19.6 Å². The van der Waals surface area contributed by atoms with E-state index >= 15 is 0 Å². The molecule has 2 N–H and O–H groups in total. The van der Waals surface area contributed by atoms with Crippen LogP contribution in [0.15, 0.2) is 66.9 Å². The molecule has 0 radical (unpaired) electrons. The number of pyridine rings is 1. The van der Waals surface area contributed by atoms with Crippen molar-refractivity contribution in [2.75, 3.05) is 18.5 Å². The number of hydrogen-bond acceptors (Lipinski definition) is 6. The maximum atomic E-state index is 14.1. The number of halogens is 5. The van der Waals surface area contributed by atoms with Gasteiger partial charge in [0, 0.05) is 42.0 Å². The number of aliphatic hydroxyl groups excluding tert-OH is 1. The smallest absolute Gasteiger partial charge is 0.416 e. The molecule has 42 heavy (non-hydrogen) atoms. The molecule has 0 aliphatic carbocycles. The van der Waals surface area contributed by atoms with Gasteiger partial charge >= 0.3 is 6.18 Å². The first kappa shape index (κ1) is 29.0. The lowest BCUT2D eigenvalue weighted by Gasteiger charge is -2.11. The second-order valence-corrected chi connectivity index (χ2v) is 9.62. The van der Waals surface area contributed by atoms with Crippen LogP contribution in [0.5, 0.6) is 5.75 Å². The number of alkyl halides is 3. The van der Waals surface area contributed by atoms with Gasteiger partial charge in [0.05, 0.1) is 17.9 Å². The molecule has 2 aromatic carbocycles. The van der Waals surface area contributed by atoms with Crippen molar-refractivity contribution < 1.29 is 32.2 Å². The van der Waals surface area contributed by atoms with Gasteiger partial charge in [-0.2, -0.15) is 18.3 Å². The number of nitrogens with zero attached hydrogens (tertiary/aromatic N) is 4. The Morgan fingerprint density at radius 2 is 1.90 bits per heavy atom. The van der Waals surface area contributed by atoms with E-state index in [-0.39, 0.29) is 35.4 Å². The summed E-state index contributed by atoms with van der Waals surface area (Å²) in [6.45, 7) is 1.71. The minimum atomic E-state index is -4.61. The van der Waals surface area contributed by atoms with E-state index in [1.165, 1.54) is 35.0 Å². The zero-order valence-corrected chi connectivity index (χ0v) is 22.7. The Bertz CT molecular complexity index is 1790. The van der Waals surface area contributed by atoms with Crippen molar-refractivity contribution in [3.8, 4) is 28.3 Å². The van der Waals surface area contributed by atoms with Crippen LogP contribution < -0.4 is 10.1 Å². The lowest BCUT2D eigenvalue weighted by molar-refractivity contribution is -0.137. The molecule has 0 saturated carbocycles. The van der Waals surface area contributed by atoms with E-state index < -0.39 is 23.5 Å². The van der Waals surface area contributed by atoms with Gasteiger partial charge in [0.15, 0.2) is 16.5 Å². The molecule has 0 unspecified atom stereocenters. The largest absolute Gasteiger partial charge is 0.489 e. The van der Waals surface area contributed by atoms with Gasteiger partial charge in [-0.05, 0) is 61.0 Å². The van der Waals surface area contributed by atoms with Crippen molar-refractivity contribution in [2.45, 2.75) is 19.5 Å². The van der Waals surface area contributed by atoms with E-state index in [0.29, 0.717) is 40.2 Å². The Morgan fingerprint density at radius 1 is 1.10 bits per heavy atom. The van der Waals surface area contributed by atoms with Gasteiger partial charge in [0.25, 0.3) is 5.91 Å². The number of aryl methyl sites for hydroxylation is 1. The number of aliphatic hydroxyl groups is 1. The number of anilines is 1. The summed E-state index contributed by atoms with van der Waals surface area (Å²) in [5.74, 6) is -0.852. The molecular weight excluding hydrogens is 578 g/mol. The van der Waals surface area contributed by atoms with Crippen molar-refractivity contribution in [3.63, 3.8) is 0 Å². The molecule has 5 aromatic rings. The van der Waals surface area contributed by atoms with Crippen molar-refractivity contribution >= 4 is 29.0 Å². The fraction of sp³-hybridized carbons (Fsp3) is 0.172. The molecule has 0 bridgehead atoms. The van der Waals surface area contributed by atoms with E-state index in [9.17, 15) is 22.4 Å². The molecular formula is C29H22ClF4N5O3. The Balaban J connectivity index is 1.61. The number of amides is 1. The monoisotopic (exact) mass is 599 g/mol. The van der Waals surface area contributed by atoms with Crippen LogP contribution in [-0.2, 0) is 6.18 Å². The van der Waals surface area contributed by atoms with E-state index in [0.717, 1.165) is 18.2 Å². The Labute approximate surface area is 241 Å². The summed E-state index contributed by atoms with van der Waals surface area (Å²) in [4.78, 5) is 21.7. The molecule has 13 heteroatoms. The summed E-state index contributed by atoms with van der Waals surface area (Å²) in [7, 11) is 0. The quantitative estimate of drug-likeness (QED) is 0.154. The average molecular weight is 600 g/mol. The van der Waals surface area contributed by atoms with E-state index in [1.807, 2.05) is 0 Å². The Kier molecular flexibility index (Phi) is 8.10. The molecule has 3 heterocycles. The van der Waals surface area contributed by atoms with Gasteiger partial charge in [0.1, 0.15) is 17.3 Å². The predicted octanol–water partition coefficient (Wildman–Crippen LogP) is 6.59. The first-order chi connectivity index (χ1) is 20.0. The Morgan fingerprint density at radius 3 is 2.64 bits per heavy atom. The lowest BCUT2D eigenvalue weighted by atomic mass is 10.0. The van der Waals surface area contributed by atoms with Crippen molar-refractivity contribution in [2.24, 2.45) is 0 Å². The standard InChI is InChI=1S/C29H22ClF4N5O3/c1-16-12-17(6-7-21(16)31)25-26(39-27(37-25)22(15-23(30)38-39)42-11-3-10-40)18-8-9-35-24(14-18)36-28(41)19-4-2-5-20(13-19)29(32,33)34/h2,4-9,12-15,40H,3,10-11H2,1H3,(H,35,36,41). The second-order valence-electron chi connectivity index (χ2n) is 9.23. The molecule has 1 amide bonds. The first-order valence-corrected chi connectivity index (χ1v) is 13.0. The molecule has 216 valence electrons. The van der Waals surface area contributed by atoms with Crippen LogP contribution in [-0.4, -0.2) is 43.8 Å². The predicted molar refractivity (Wildman–Crippen MR) is 148 cm³/mol. The second kappa shape index (κ2) is 11.7. The summed E-state index contributed by atoms with van der Waals surface area (Å²) in [5, 5.41) is 16.2. The molecule has 0 spiro atoms. The number of fused-ring (bicyclic) bond motifs is 1. The highest BCUT2D eigenvalue weighted by Gasteiger charge is 2.31. The summed E-state index contributed by atoms with van der Waals surface area (Å²) >= 11 is 6.32. The van der Waals surface area contributed by atoms with Crippen LogP contribution in [0.2, 0.25) is 5.15 Å². The molecule has 0 aliphatic rings. The third kappa shape index (κ3) is 6.04. The van der Waals surface area contributed by atoms with Gasteiger partial charge in [-0.1, -0.05) is 17.7 Å². The molecule has 8 nitrogen and oxygen atoms in total. The number of nitrogens with one attached hydrogen (secondary N) is 1. The highest BCUT2D eigenvalue weighted by atomic mass is 35.5. The molecule has 0 atom stereocenters. The number of imidazole rings is 1. The van der Waals surface area contributed by atoms with Crippen LogP contribution in [0.25, 0.3) is 28.2 Å². The van der Waals surface area contributed by atoms with E-state index in [1.54, 1.807) is 25.1 Å². The number of hydrogen-bond donors (Lipinski definition) is 2. The molecule has 3 aromatic heterocycles. The normalized spacial score (nSPS) is 11.6. The van der Waals surface area contributed by atoms with Gasteiger partial charge in [-0.25, -0.2) is 18.9 Å². The van der Waals surface area contributed by atoms with Crippen LogP contribution >= 0.6 is 11.6 Å². The van der Waals surface area contributed by atoms with Gasteiger partial charge in [-0.3, -0.25) is 4.79 Å². The summed E-state index contributed by atoms with van der Waals surface area (Å²) in [6.07, 6.45) is -2.84. The van der Waals surface area contributed by atoms with Crippen LogP contribution in [0, 0.1) is 12.7 Å². The third-order valence-corrected chi connectivity index (χ3v) is 6.42. The van der Waals surface area contributed by atoms with Crippen LogP contribution in [0.4, 0.5) is 23.4 Å². The maximum absolute atomic E-state index is 14.1. The number of carbonyl (C=O) groups excluding carboxylic acids is 1. The highest BCUT2D eigenvalue weighted by Crippen LogP contribution is 2.37. The zero-order valence-electron chi connectivity index (χ0n) is 21.9. The van der Waals surface area contributed by atoms with Crippen LogP contribution in [0.1, 0.15) is 27.9 Å². The minimum Gasteiger partial charge on any atom is -0.489 e. The van der Waals surface area contributed by atoms with Gasteiger partial charge < -0.3 is 15.2 Å². The van der Waals surface area contributed by atoms with Crippen LogP contribution in [0.3, 0.4) is 0 Å². The van der Waals surface area contributed by atoms with Gasteiger partial charge in [0.2, 0.25) is 0 Å². The Hall–Kier alpha value is -4.55. The maximum Gasteiger partial charge on any atom is 0.416 e. The van der Waals surface area contributed by atoms with E-state index in [2.05, 4.69) is 15.4 Å². The average Bonchev–Trinajstić information content (AvgIpc) is 3.34. The minimum absolute atomic E-state index is 0.0487.